The molecule has 0 bridgehead atoms. The third-order valence-electron chi connectivity index (χ3n) is 2.93. The van der Waals surface area contributed by atoms with Crippen molar-refractivity contribution >= 4 is 29.4 Å². The second-order valence-electron chi connectivity index (χ2n) is 4.95. The molecule has 8 heteroatoms. The van der Waals surface area contributed by atoms with E-state index in [1.54, 1.807) is 32.0 Å². The maximum absolute atomic E-state index is 11.8. The Balaban J connectivity index is 2.39. The van der Waals surface area contributed by atoms with Crippen molar-refractivity contribution in [2.75, 3.05) is 0 Å². The van der Waals surface area contributed by atoms with E-state index >= 15 is 0 Å². The SMILES string of the molecule is Cc1cc(Cl)ccc1O[C@H](C)C(=O)NNC(=O)CCCC(=O)O. The third kappa shape index (κ3) is 7.01. The molecule has 23 heavy (non-hydrogen) atoms. The molecule has 2 amide bonds. The van der Waals surface area contributed by atoms with Gasteiger partial charge in [0.2, 0.25) is 5.91 Å². The van der Waals surface area contributed by atoms with Gasteiger partial charge in [-0.3, -0.25) is 25.2 Å². The van der Waals surface area contributed by atoms with Crippen LogP contribution in [0.1, 0.15) is 31.7 Å². The van der Waals surface area contributed by atoms with Crippen LogP contribution in [0, 0.1) is 6.92 Å². The molecule has 0 saturated heterocycles. The van der Waals surface area contributed by atoms with Crippen LogP contribution in [0.5, 0.6) is 5.75 Å². The van der Waals surface area contributed by atoms with Crippen LogP contribution in [0.2, 0.25) is 5.02 Å². The van der Waals surface area contributed by atoms with Gasteiger partial charge in [-0.15, -0.1) is 0 Å². The molecule has 0 aromatic heterocycles. The fourth-order valence-electron chi connectivity index (χ4n) is 1.68. The zero-order valence-corrected chi connectivity index (χ0v) is 13.6. The van der Waals surface area contributed by atoms with Crippen LogP contribution >= 0.6 is 11.6 Å². The van der Waals surface area contributed by atoms with Crippen LogP contribution < -0.4 is 15.6 Å². The largest absolute Gasteiger partial charge is 0.481 e. The second-order valence-corrected chi connectivity index (χ2v) is 5.39. The Bertz CT molecular complexity index is 591. The monoisotopic (exact) mass is 342 g/mol. The first-order chi connectivity index (χ1) is 10.8. The van der Waals surface area contributed by atoms with Crippen molar-refractivity contribution < 1.29 is 24.2 Å². The minimum absolute atomic E-state index is 0.0120. The molecule has 0 unspecified atom stereocenters. The van der Waals surface area contributed by atoms with Crippen LogP contribution in [-0.4, -0.2) is 29.0 Å². The molecule has 3 N–H and O–H groups in total. The molecule has 0 heterocycles. The van der Waals surface area contributed by atoms with Crippen molar-refractivity contribution in [1.82, 2.24) is 10.9 Å². The molecule has 0 spiro atoms. The molecule has 0 saturated carbocycles. The summed E-state index contributed by atoms with van der Waals surface area (Å²) >= 11 is 5.84. The summed E-state index contributed by atoms with van der Waals surface area (Å²) in [5.41, 5.74) is 5.24. The number of carboxylic acids is 1. The van der Waals surface area contributed by atoms with E-state index in [-0.39, 0.29) is 19.3 Å². The van der Waals surface area contributed by atoms with Gasteiger partial charge in [-0.2, -0.15) is 0 Å². The number of aryl methyl sites for hydroxylation is 1. The summed E-state index contributed by atoms with van der Waals surface area (Å²) in [4.78, 5) is 33.6. The number of carboxylic acid groups (broad SMARTS) is 1. The Kier molecular flexibility index (Phi) is 7.34. The summed E-state index contributed by atoms with van der Waals surface area (Å²) in [7, 11) is 0. The van der Waals surface area contributed by atoms with Crippen LogP contribution in [0.25, 0.3) is 0 Å². The van der Waals surface area contributed by atoms with Crippen LogP contribution in [0.4, 0.5) is 0 Å². The Morgan fingerprint density at radius 2 is 1.96 bits per heavy atom. The number of benzene rings is 1. The number of hydrogen-bond donors (Lipinski definition) is 3. The fourth-order valence-corrected chi connectivity index (χ4v) is 1.91. The molecule has 1 aromatic carbocycles. The first-order valence-corrected chi connectivity index (χ1v) is 7.40. The van der Waals surface area contributed by atoms with Gasteiger partial charge in [-0.05, 0) is 44.0 Å². The summed E-state index contributed by atoms with van der Waals surface area (Å²) < 4.78 is 5.51. The normalized spacial score (nSPS) is 11.4. The van der Waals surface area contributed by atoms with E-state index in [1.165, 1.54) is 0 Å². The lowest BCUT2D eigenvalue weighted by Gasteiger charge is -2.16. The van der Waals surface area contributed by atoms with Crippen LogP contribution in [-0.2, 0) is 14.4 Å². The number of hydrogen-bond acceptors (Lipinski definition) is 4. The minimum atomic E-state index is -0.970. The number of ether oxygens (including phenoxy) is 1. The summed E-state index contributed by atoms with van der Waals surface area (Å²) in [5.74, 6) is -1.44. The highest BCUT2D eigenvalue weighted by atomic mass is 35.5. The summed E-state index contributed by atoms with van der Waals surface area (Å²) in [6.45, 7) is 3.34. The van der Waals surface area contributed by atoms with Gasteiger partial charge in [0, 0.05) is 17.9 Å². The zero-order chi connectivity index (χ0) is 17.4. The van der Waals surface area contributed by atoms with E-state index in [0.717, 1.165) is 5.56 Å². The minimum Gasteiger partial charge on any atom is -0.481 e. The van der Waals surface area contributed by atoms with Gasteiger partial charge >= 0.3 is 5.97 Å². The van der Waals surface area contributed by atoms with E-state index in [2.05, 4.69) is 10.9 Å². The zero-order valence-electron chi connectivity index (χ0n) is 12.9. The molecule has 7 nitrogen and oxygen atoms in total. The number of rotatable bonds is 7. The maximum atomic E-state index is 11.8. The Morgan fingerprint density at radius 3 is 2.57 bits per heavy atom. The van der Waals surface area contributed by atoms with E-state index in [4.69, 9.17) is 21.4 Å². The average molecular weight is 343 g/mol. The molecule has 1 atom stereocenters. The number of hydrazine groups is 1. The molecule has 0 aliphatic carbocycles. The smallest absolute Gasteiger partial charge is 0.303 e. The Hall–Kier alpha value is -2.28. The van der Waals surface area contributed by atoms with Crippen molar-refractivity contribution in [3.05, 3.63) is 28.8 Å². The van der Waals surface area contributed by atoms with E-state index in [9.17, 15) is 14.4 Å². The van der Waals surface area contributed by atoms with Gasteiger partial charge in [0.25, 0.3) is 5.91 Å². The molecular formula is C15H19ClN2O5. The van der Waals surface area contributed by atoms with Crippen molar-refractivity contribution in [2.45, 2.75) is 39.2 Å². The number of nitrogens with one attached hydrogen (secondary N) is 2. The molecule has 0 aliphatic rings. The van der Waals surface area contributed by atoms with Crippen molar-refractivity contribution in [3.8, 4) is 5.75 Å². The summed E-state index contributed by atoms with van der Waals surface area (Å²) in [6, 6.07) is 5.02. The van der Waals surface area contributed by atoms with E-state index in [1.807, 2.05) is 0 Å². The van der Waals surface area contributed by atoms with Gasteiger partial charge in [0.05, 0.1) is 0 Å². The highest BCUT2D eigenvalue weighted by Crippen LogP contribution is 2.22. The van der Waals surface area contributed by atoms with Gasteiger partial charge < -0.3 is 9.84 Å². The second kappa shape index (κ2) is 8.99. The number of aliphatic carboxylic acids is 1. The van der Waals surface area contributed by atoms with Gasteiger partial charge in [-0.1, -0.05) is 11.6 Å². The molecular weight excluding hydrogens is 324 g/mol. The predicted octanol–water partition coefficient (Wildman–Crippen LogP) is 1.82. The number of halogens is 1. The predicted molar refractivity (Wildman–Crippen MR) is 84.1 cm³/mol. The lowest BCUT2D eigenvalue weighted by molar-refractivity contribution is -0.137. The van der Waals surface area contributed by atoms with Crippen molar-refractivity contribution in [1.29, 1.82) is 0 Å². The molecule has 0 fully saturated rings. The first kappa shape index (κ1) is 18.8. The highest BCUT2D eigenvalue weighted by molar-refractivity contribution is 6.30. The molecule has 1 rings (SSSR count). The standard InChI is InChI=1S/C15H19ClN2O5/c1-9-8-11(16)6-7-12(9)23-10(2)15(22)18-17-13(19)4-3-5-14(20)21/h6-8,10H,3-5H2,1-2H3,(H,17,19)(H,18,22)(H,20,21)/t10-/m1/s1. The number of amides is 2. The first-order valence-electron chi connectivity index (χ1n) is 7.03. The number of carbonyl (C=O) groups excluding carboxylic acids is 2. The molecule has 0 radical (unpaired) electrons. The Labute approximate surface area is 138 Å². The topological polar surface area (TPSA) is 105 Å². The van der Waals surface area contributed by atoms with E-state index < -0.39 is 23.9 Å². The maximum Gasteiger partial charge on any atom is 0.303 e. The van der Waals surface area contributed by atoms with E-state index in [0.29, 0.717) is 10.8 Å². The van der Waals surface area contributed by atoms with Crippen molar-refractivity contribution in [2.24, 2.45) is 0 Å². The highest BCUT2D eigenvalue weighted by Gasteiger charge is 2.16. The summed E-state index contributed by atoms with van der Waals surface area (Å²) in [5, 5.41) is 9.04. The molecule has 0 aliphatic heterocycles. The van der Waals surface area contributed by atoms with Crippen LogP contribution in [0.3, 0.4) is 0 Å². The average Bonchev–Trinajstić information content (AvgIpc) is 2.47. The van der Waals surface area contributed by atoms with Gasteiger partial charge in [0.1, 0.15) is 5.75 Å². The van der Waals surface area contributed by atoms with Crippen molar-refractivity contribution in [3.63, 3.8) is 0 Å². The summed E-state index contributed by atoms with van der Waals surface area (Å²) in [6.07, 6.45) is -0.712. The lowest BCUT2D eigenvalue weighted by atomic mass is 10.2. The quantitative estimate of drug-likeness (QED) is 0.655. The van der Waals surface area contributed by atoms with Gasteiger partial charge in [-0.25, -0.2) is 0 Å². The van der Waals surface area contributed by atoms with Gasteiger partial charge in [0.15, 0.2) is 6.10 Å². The molecule has 126 valence electrons. The third-order valence-corrected chi connectivity index (χ3v) is 3.16. The lowest BCUT2D eigenvalue weighted by Crippen LogP contribution is -2.47. The molecule has 1 aromatic rings. The number of carbonyl (C=O) groups is 3. The fraction of sp³-hybridized carbons (Fsp3) is 0.400. The van der Waals surface area contributed by atoms with Crippen LogP contribution in [0.15, 0.2) is 18.2 Å². The Morgan fingerprint density at radius 1 is 1.26 bits per heavy atom.